The second-order valence-corrected chi connectivity index (χ2v) is 5.22. The minimum atomic E-state index is -0.137. The molecule has 18 heavy (non-hydrogen) atoms. The maximum absolute atomic E-state index is 6.18. The van der Waals surface area contributed by atoms with Crippen LogP contribution >= 0.6 is 27.5 Å². The number of H-pyrrole nitrogens is 1. The number of nitrogens with two attached hydrogens (primary N) is 2. The lowest BCUT2D eigenvalue weighted by Crippen LogP contribution is -2.30. The van der Waals surface area contributed by atoms with Gasteiger partial charge in [-0.15, -0.1) is 0 Å². The molecule has 6 N–H and O–H groups in total. The Morgan fingerprint density at radius 1 is 1.50 bits per heavy atom. The Hall–Kier alpha value is -1.08. The van der Waals surface area contributed by atoms with E-state index < -0.39 is 0 Å². The van der Waals surface area contributed by atoms with Gasteiger partial charge in [0, 0.05) is 15.1 Å². The number of nitrogen functional groups attached to an aromatic ring is 1. The molecule has 0 aliphatic carbocycles. The van der Waals surface area contributed by atoms with Crippen molar-refractivity contribution in [2.75, 3.05) is 5.73 Å². The van der Waals surface area contributed by atoms with E-state index in [1.807, 2.05) is 18.2 Å². The lowest BCUT2D eigenvalue weighted by Gasteiger charge is -2.16. The van der Waals surface area contributed by atoms with E-state index in [9.17, 15) is 0 Å². The lowest BCUT2D eigenvalue weighted by atomic mass is 10.0. The van der Waals surface area contributed by atoms with Crippen LogP contribution in [0.25, 0.3) is 0 Å². The number of hydrogen-bond donors (Lipinski definition) is 4. The fraction of sp³-hybridized carbons (Fsp3) is 0.182. The van der Waals surface area contributed by atoms with E-state index in [-0.39, 0.29) is 6.04 Å². The van der Waals surface area contributed by atoms with Gasteiger partial charge in [0.25, 0.3) is 0 Å². The molecule has 2 rings (SSSR count). The van der Waals surface area contributed by atoms with Gasteiger partial charge in [0.1, 0.15) is 5.82 Å². The van der Waals surface area contributed by atoms with Crippen molar-refractivity contribution in [3.8, 4) is 0 Å². The van der Waals surface area contributed by atoms with Crippen LogP contribution in [0.4, 0.5) is 5.82 Å². The fourth-order valence-electron chi connectivity index (χ4n) is 1.75. The van der Waals surface area contributed by atoms with Crippen molar-refractivity contribution in [1.29, 1.82) is 0 Å². The van der Waals surface area contributed by atoms with E-state index in [4.69, 9.17) is 23.2 Å². The summed E-state index contributed by atoms with van der Waals surface area (Å²) in [5.74, 6) is 6.07. The Morgan fingerprint density at radius 3 is 2.83 bits per heavy atom. The van der Waals surface area contributed by atoms with Gasteiger partial charge in [-0.2, -0.15) is 5.10 Å². The van der Waals surface area contributed by atoms with Crippen molar-refractivity contribution >= 4 is 33.3 Å². The highest BCUT2D eigenvalue weighted by Crippen LogP contribution is 2.27. The molecule has 0 bridgehead atoms. The molecule has 1 aromatic carbocycles. The molecule has 0 amide bonds. The van der Waals surface area contributed by atoms with Gasteiger partial charge in [-0.3, -0.25) is 16.4 Å². The summed E-state index contributed by atoms with van der Waals surface area (Å²) in [7, 11) is 0. The molecular formula is C11H13BrClN5. The third kappa shape index (κ3) is 2.84. The Morgan fingerprint density at radius 2 is 2.28 bits per heavy atom. The largest absolute Gasteiger partial charge is 0.384 e. The topological polar surface area (TPSA) is 92.7 Å². The first-order chi connectivity index (χ1) is 8.61. The van der Waals surface area contributed by atoms with Crippen LogP contribution in [0.3, 0.4) is 0 Å². The number of halogens is 2. The summed E-state index contributed by atoms with van der Waals surface area (Å²) in [6.07, 6.45) is 2.29. The van der Waals surface area contributed by atoms with E-state index in [2.05, 4.69) is 31.6 Å². The Balaban J connectivity index is 2.23. The molecule has 0 aliphatic rings. The van der Waals surface area contributed by atoms with Gasteiger partial charge in [0.15, 0.2) is 0 Å². The molecule has 1 heterocycles. The zero-order valence-electron chi connectivity index (χ0n) is 9.45. The quantitative estimate of drug-likeness (QED) is 0.510. The standard InChI is InChI=1S/C11H13BrClN5/c12-7-2-1-6(9(13)4-7)3-10(17-15)8-5-16-18-11(8)14/h1-2,4-5,10,17H,3,15H2,(H3,14,16,18). The maximum Gasteiger partial charge on any atom is 0.123 e. The lowest BCUT2D eigenvalue weighted by molar-refractivity contribution is 0.553. The Bertz CT molecular complexity index is 542. The highest BCUT2D eigenvalue weighted by Gasteiger charge is 2.16. The number of rotatable bonds is 4. The number of benzene rings is 1. The first kappa shape index (κ1) is 13.4. The highest BCUT2D eigenvalue weighted by molar-refractivity contribution is 9.10. The van der Waals surface area contributed by atoms with Crippen LogP contribution in [-0.2, 0) is 6.42 Å². The first-order valence-corrected chi connectivity index (χ1v) is 6.47. The summed E-state index contributed by atoms with van der Waals surface area (Å²) in [4.78, 5) is 0. The SMILES string of the molecule is NNC(Cc1ccc(Br)cc1Cl)c1cn[nH]c1N. The fourth-order valence-corrected chi connectivity index (χ4v) is 2.50. The van der Waals surface area contributed by atoms with E-state index in [1.165, 1.54) is 0 Å². The summed E-state index contributed by atoms with van der Waals surface area (Å²) in [6.45, 7) is 0. The Labute approximate surface area is 118 Å². The average Bonchev–Trinajstić information content (AvgIpc) is 2.75. The number of hydrazine groups is 1. The molecule has 0 saturated heterocycles. The summed E-state index contributed by atoms with van der Waals surface area (Å²) in [5.41, 5.74) is 10.3. The molecule has 1 unspecified atom stereocenters. The van der Waals surface area contributed by atoms with Crippen LogP contribution in [0.1, 0.15) is 17.2 Å². The van der Waals surface area contributed by atoms with Crippen LogP contribution < -0.4 is 17.0 Å². The monoisotopic (exact) mass is 329 g/mol. The van der Waals surface area contributed by atoms with Crippen molar-refractivity contribution in [3.05, 3.63) is 45.0 Å². The van der Waals surface area contributed by atoms with Gasteiger partial charge < -0.3 is 5.73 Å². The number of anilines is 1. The van der Waals surface area contributed by atoms with Crippen molar-refractivity contribution in [2.24, 2.45) is 5.84 Å². The van der Waals surface area contributed by atoms with Crippen molar-refractivity contribution < 1.29 is 0 Å². The average molecular weight is 331 g/mol. The maximum atomic E-state index is 6.18. The number of hydrogen-bond acceptors (Lipinski definition) is 4. The summed E-state index contributed by atoms with van der Waals surface area (Å²) in [6, 6.07) is 5.60. The molecule has 2 aromatic rings. The summed E-state index contributed by atoms with van der Waals surface area (Å²) >= 11 is 9.55. The third-order valence-corrected chi connectivity index (χ3v) is 3.56. The first-order valence-electron chi connectivity index (χ1n) is 5.30. The molecule has 96 valence electrons. The molecule has 1 aromatic heterocycles. The third-order valence-electron chi connectivity index (χ3n) is 2.72. The molecule has 0 saturated carbocycles. The predicted octanol–water partition coefficient (Wildman–Crippen LogP) is 2.15. The van der Waals surface area contributed by atoms with E-state index in [0.717, 1.165) is 15.6 Å². The minimum Gasteiger partial charge on any atom is -0.384 e. The molecule has 0 radical (unpaired) electrons. The number of aromatic amines is 1. The number of nitrogens with zero attached hydrogens (tertiary/aromatic N) is 1. The zero-order valence-corrected chi connectivity index (χ0v) is 11.8. The molecule has 5 nitrogen and oxygen atoms in total. The summed E-state index contributed by atoms with van der Waals surface area (Å²) < 4.78 is 0.941. The van der Waals surface area contributed by atoms with Gasteiger partial charge in [-0.05, 0) is 24.1 Å². The van der Waals surface area contributed by atoms with Crippen molar-refractivity contribution in [2.45, 2.75) is 12.5 Å². The van der Waals surface area contributed by atoms with Gasteiger partial charge in [0.2, 0.25) is 0 Å². The van der Waals surface area contributed by atoms with Gasteiger partial charge in [0.05, 0.1) is 12.2 Å². The van der Waals surface area contributed by atoms with E-state index in [1.54, 1.807) is 6.20 Å². The molecule has 7 heteroatoms. The highest BCUT2D eigenvalue weighted by atomic mass is 79.9. The number of nitrogens with one attached hydrogen (secondary N) is 2. The van der Waals surface area contributed by atoms with E-state index >= 15 is 0 Å². The van der Waals surface area contributed by atoms with Crippen molar-refractivity contribution in [3.63, 3.8) is 0 Å². The van der Waals surface area contributed by atoms with E-state index in [0.29, 0.717) is 17.3 Å². The van der Waals surface area contributed by atoms with Gasteiger partial charge in [-0.25, -0.2) is 0 Å². The number of aromatic nitrogens is 2. The summed E-state index contributed by atoms with van der Waals surface area (Å²) in [5, 5.41) is 7.25. The van der Waals surface area contributed by atoms with Gasteiger partial charge >= 0.3 is 0 Å². The van der Waals surface area contributed by atoms with Crippen LogP contribution in [0.5, 0.6) is 0 Å². The predicted molar refractivity (Wildman–Crippen MR) is 75.9 cm³/mol. The van der Waals surface area contributed by atoms with Crippen LogP contribution in [0, 0.1) is 0 Å². The smallest absolute Gasteiger partial charge is 0.123 e. The minimum absolute atomic E-state index is 0.137. The van der Waals surface area contributed by atoms with Gasteiger partial charge in [-0.1, -0.05) is 33.6 Å². The van der Waals surface area contributed by atoms with Crippen LogP contribution in [0.15, 0.2) is 28.9 Å². The molecule has 1 atom stereocenters. The van der Waals surface area contributed by atoms with Crippen LogP contribution in [-0.4, -0.2) is 10.2 Å². The van der Waals surface area contributed by atoms with Crippen molar-refractivity contribution in [1.82, 2.24) is 15.6 Å². The van der Waals surface area contributed by atoms with Crippen LogP contribution in [0.2, 0.25) is 5.02 Å². The molecular weight excluding hydrogens is 318 g/mol. The normalized spacial score (nSPS) is 12.6. The molecule has 0 aliphatic heterocycles. The second-order valence-electron chi connectivity index (χ2n) is 3.90. The zero-order chi connectivity index (χ0) is 13.1. The Kier molecular flexibility index (Phi) is 4.23. The molecule has 0 spiro atoms. The molecule has 0 fully saturated rings. The second kappa shape index (κ2) is 5.71.